The highest BCUT2D eigenvalue weighted by Gasteiger charge is 2.30. The molecule has 2 N–H and O–H groups in total. The molecule has 2 aromatic carbocycles. The molecule has 3 heteroatoms. The van der Waals surface area contributed by atoms with Gasteiger partial charge < -0.3 is 10.1 Å². The van der Waals surface area contributed by atoms with Crippen molar-refractivity contribution in [2.45, 2.75) is 18.9 Å². The summed E-state index contributed by atoms with van der Waals surface area (Å²) in [6, 6.07) is 13.9. The molecule has 0 bridgehead atoms. The average molecular weight is 269 g/mol. The highest BCUT2D eigenvalue weighted by atomic mass is 19.1. The zero-order chi connectivity index (χ0) is 14.2. The molecule has 0 amide bonds. The summed E-state index contributed by atoms with van der Waals surface area (Å²) < 4.78 is 13.4. The fourth-order valence-electron chi connectivity index (χ4n) is 2.63. The molecule has 1 aromatic heterocycles. The van der Waals surface area contributed by atoms with E-state index in [-0.39, 0.29) is 5.82 Å². The minimum absolute atomic E-state index is 0.336. The van der Waals surface area contributed by atoms with E-state index < -0.39 is 5.60 Å². The number of aliphatic hydroxyl groups is 1. The number of rotatable bonds is 3. The summed E-state index contributed by atoms with van der Waals surface area (Å²) in [6.07, 6.45) is 2.34. The lowest BCUT2D eigenvalue weighted by atomic mass is 9.84. The van der Waals surface area contributed by atoms with Gasteiger partial charge in [-0.1, -0.05) is 25.1 Å². The third kappa shape index (κ3) is 2.00. The summed E-state index contributed by atoms with van der Waals surface area (Å²) in [5.41, 5.74) is 1.20. The van der Waals surface area contributed by atoms with Crippen LogP contribution in [-0.2, 0) is 5.60 Å². The van der Waals surface area contributed by atoms with Crippen LogP contribution in [0.4, 0.5) is 4.39 Å². The fourth-order valence-corrected chi connectivity index (χ4v) is 2.63. The van der Waals surface area contributed by atoms with E-state index in [0.717, 1.165) is 16.5 Å². The molecule has 0 radical (unpaired) electrons. The number of nitrogens with one attached hydrogen (secondary N) is 1. The number of hydrogen-bond acceptors (Lipinski definition) is 1. The molecule has 0 saturated heterocycles. The molecule has 0 fully saturated rings. The summed E-state index contributed by atoms with van der Waals surface area (Å²) in [7, 11) is 0. The van der Waals surface area contributed by atoms with Crippen molar-refractivity contribution in [3.8, 4) is 0 Å². The Labute approximate surface area is 116 Å². The standard InChI is InChI=1S/C17H16FNO/c1-2-17(20,13-4-3-5-15(18)11-13)14-6-7-16-12(10-14)8-9-19-16/h3-11,19-20H,2H2,1H3. The summed E-state index contributed by atoms with van der Waals surface area (Å²) in [5, 5.41) is 12.0. The van der Waals surface area contributed by atoms with E-state index in [9.17, 15) is 9.50 Å². The first-order chi connectivity index (χ1) is 9.63. The van der Waals surface area contributed by atoms with Crippen LogP contribution >= 0.6 is 0 Å². The van der Waals surface area contributed by atoms with Crippen molar-refractivity contribution in [1.82, 2.24) is 4.98 Å². The molecule has 0 aliphatic carbocycles. The van der Waals surface area contributed by atoms with Crippen LogP contribution in [0.3, 0.4) is 0 Å². The Morgan fingerprint density at radius 2 is 1.90 bits per heavy atom. The monoisotopic (exact) mass is 269 g/mol. The smallest absolute Gasteiger partial charge is 0.123 e. The fraction of sp³-hybridized carbons (Fsp3) is 0.176. The van der Waals surface area contributed by atoms with Gasteiger partial charge in [-0.15, -0.1) is 0 Å². The lowest BCUT2D eigenvalue weighted by molar-refractivity contribution is 0.0763. The average Bonchev–Trinajstić information content (AvgIpc) is 2.93. The van der Waals surface area contributed by atoms with Crippen LogP contribution in [0.5, 0.6) is 0 Å². The first kappa shape index (κ1) is 12.9. The van der Waals surface area contributed by atoms with E-state index in [0.29, 0.717) is 12.0 Å². The lowest BCUT2D eigenvalue weighted by Crippen LogP contribution is -2.26. The molecular weight excluding hydrogens is 253 g/mol. The molecule has 0 saturated carbocycles. The third-order valence-corrected chi connectivity index (χ3v) is 3.84. The second-order valence-electron chi connectivity index (χ2n) is 5.00. The van der Waals surface area contributed by atoms with Crippen LogP contribution in [0.2, 0.25) is 0 Å². The SMILES string of the molecule is CCC(O)(c1cccc(F)c1)c1ccc2[nH]ccc2c1. The number of hydrogen-bond donors (Lipinski definition) is 2. The second kappa shape index (κ2) is 4.76. The van der Waals surface area contributed by atoms with E-state index >= 15 is 0 Å². The highest BCUT2D eigenvalue weighted by molar-refractivity contribution is 5.80. The summed E-state index contributed by atoms with van der Waals surface area (Å²) in [6.45, 7) is 1.90. The van der Waals surface area contributed by atoms with Crippen molar-refractivity contribution in [1.29, 1.82) is 0 Å². The number of halogens is 1. The van der Waals surface area contributed by atoms with Crippen LogP contribution in [0.25, 0.3) is 10.9 Å². The molecule has 3 aromatic rings. The number of aromatic nitrogens is 1. The van der Waals surface area contributed by atoms with Crippen LogP contribution in [-0.4, -0.2) is 10.1 Å². The van der Waals surface area contributed by atoms with Crippen LogP contribution < -0.4 is 0 Å². The van der Waals surface area contributed by atoms with Crippen molar-refractivity contribution >= 4 is 10.9 Å². The van der Waals surface area contributed by atoms with Gasteiger partial charge in [-0.25, -0.2) is 4.39 Å². The molecule has 102 valence electrons. The molecule has 1 atom stereocenters. The topological polar surface area (TPSA) is 36.0 Å². The molecule has 20 heavy (non-hydrogen) atoms. The van der Waals surface area contributed by atoms with Gasteiger partial charge in [0.15, 0.2) is 0 Å². The molecule has 1 heterocycles. The van der Waals surface area contributed by atoms with E-state index in [1.807, 2.05) is 37.4 Å². The Balaban J connectivity index is 2.16. The largest absolute Gasteiger partial charge is 0.380 e. The molecule has 2 nitrogen and oxygen atoms in total. The first-order valence-corrected chi connectivity index (χ1v) is 6.69. The zero-order valence-electron chi connectivity index (χ0n) is 11.2. The van der Waals surface area contributed by atoms with Crippen molar-refractivity contribution in [2.75, 3.05) is 0 Å². The quantitative estimate of drug-likeness (QED) is 0.742. The number of fused-ring (bicyclic) bond motifs is 1. The summed E-state index contributed by atoms with van der Waals surface area (Å²) >= 11 is 0. The molecule has 3 rings (SSSR count). The first-order valence-electron chi connectivity index (χ1n) is 6.69. The summed E-state index contributed by atoms with van der Waals surface area (Å²) in [4.78, 5) is 3.12. The Bertz CT molecular complexity index is 749. The van der Waals surface area contributed by atoms with Crippen LogP contribution in [0, 0.1) is 5.82 Å². The number of aromatic amines is 1. The predicted octanol–water partition coefficient (Wildman–Crippen LogP) is 3.95. The molecule has 0 aliphatic heterocycles. The van der Waals surface area contributed by atoms with Gasteiger partial charge in [0.1, 0.15) is 11.4 Å². The van der Waals surface area contributed by atoms with Gasteiger partial charge in [0.25, 0.3) is 0 Å². The summed E-state index contributed by atoms with van der Waals surface area (Å²) in [5.74, 6) is -0.336. The Morgan fingerprint density at radius 3 is 2.65 bits per heavy atom. The van der Waals surface area contributed by atoms with Crippen molar-refractivity contribution in [3.05, 3.63) is 71.7 Å². The maximum absolute atomic E-state index is 13.4. The molecule has 0 aliphatic rings. The van der Waals surface area contributed by atoms with Crippen molar-refractivity contribution in [3.63, 3.8) is 0 Å². The van der Waals surface area contributed by atoms with Crippen molar-refractivity contribution < 1.29 is 9.50 Å². The van der Waals surface area contributed by atoms with Gasteiger partial charge in [-0.3, -0.25) is 0 Å². The maximum atomic E-state index is 13.4. The van der Waals surface area contributed by atoms with Gasteiger partial charge in [0, 0.05) is 11.7 Å². The van der Waals surface area contributed by atoms with Crippen LogP contribution in [0.1, 0.15) is 24.5 Å². The Hall–Kier alpha value is -2.13. The molecule has 0 spiro atoms. The van der Waals surface area contributed by atoms with E-state index in [2.05, 4.69) is 4.98 Å². The third-order valence-electron chi connectivity index (χ3n) is 3.84. The normalized spacial score (nSPS) is 14.3. The van der Waals surface area contributed by atoms with Gasteiger partial charge in [0.05, 0.1) is 0 Å². The lowest BCUT2D eigenvalue weighted by Gasteiger charge is -2.28. The number of benzene rings is 2. The molecular formula is C17H16FNO. The second-order valence-corrected chi connectivity index (χ2v) is 5.00. The number of H-pyrrole nitrogens is 1. The minimum atomic E-state index is -1.17. The molecule has 1 unspecified atom stereocenters. The van der Waals surface area contributed by atoms with Gasteiger partial charge in [-0.05, 0) is 53.3 Å². The van der Waals surface area contributed by atoms with Gasteiger partial charge >= 0.3 is 0 Å². The van der Waals surface area contributed by atoms with E-state index in [1.165, 1.54) is 12.1 Å². The maximum Gasteiger partial charge on any atom is 0.123 e. The van der Waals surface area contributed by atoms with Gasteiger partial charge in [0.2, 0.25) is 0 Å². The van der Waals surface area contributed by atoms with Crippen LogP contribution in [0.15, 0.2) is 54.7 Å². The van der Waals surface area contributed by atoms with E-state index in [1.54, 1.807) is 12.1 Å². The highest BCUT2D eigenvalue weighted by Crippen LogP contribution is 2.34. The zero-order valence-corrected chi connectivity index (χ0v) is 11.2. The van der Waals surface area contributed by atoms with Gasteiger partial charge in [-0.2, -0.15) is 0 Å². The Kier molecular flexibility index (Phi) is 3.07. The minimum Gasteiger partial charge on any atom is -0.380 e. The van der Waals surface area contributed by atoms with Crippen molar-refractivity contribution in [2.24, 2.45) is 0 Å². The predicted molar refractivity (Wildman–Crippen MR) is 78.0 cm³/mol. The Morgan fingerprint density at radius 1 is 1.10 bits per heavy atom. The van der Waals surface area contributed by atoms with E-state index in [4.69, 9.17) is 0 Å².